The van der Waals surface area contributed by atoms with Crippen LogP contribution in [0, 0.1) is 11.6 Å². The molecule has 10 heteroatoms. The smallest absolute Gasteiger partial charge is 0.191 e. The fourth-order valence-electron chi connectivity index (χ4n) is 2.45. The minimum absolute atomic E-state index is 0. The Kier molecular flexibility index (Phi) is 10.9. The number of guanidine groups is 1. The monoisotopic (exact) mass is 555 g/mol. The fraction of sp³-hybridized carbons (Fsp3) is 0.316. The molecule has 5 nitrogen and oxygen atoms in total. The van der Waals surface area contributed by atoms with Crippen LogP contribution < -0.4 is 10.6 Å². The Balaban J connectivity index is 0.00000420. The molecule has 2 rings (SSSR count). The molecule has 0 heterocycles. The van der Waals surface area contributed by atoms with Gasteiger partial charge in [0.05, 0.1) is 5.75 Å². The van der Waals surface area contributed by atoms with Gasteiger partial charge in [0.1, 0.15) is 11.6 Å². The third-order valence-electron chi connectivity index (χ3n) is 3.73. The van der Waals surface area contributed by atoms with Crippen molar-refractivity contribution in [3.05, 3.63) is 65.2 Å². The van der Waals surface area contributed by atoms with Crippen molar-refractivity contribution >= 4 is 51.5 Å². The maximum atomic E-state index is 13.6. The highest BCUT2D eigenvalue weighted by molar-refractivity contribution is 14.0. The first kappa shape index (κ1) is 25.6. The molecule has 160 valence electrons. The predicted octanol–water partition coefficient (Wildman–Crippen LogP) is 3.58. The van der Waals surface area contributed by atoms with Crippen molar-refractivity contribution in [1.29, 1.82) is 0 Å². The Morgan fingerprint density at radius 1 is 1.03 bits per heavy atom. The van der Waals surface area contributed by atoms with E-state index in [2.05, 4.69) is 15.6 Å². The van der Waals surface area contributed by atoms with E-state index in [1.807, 2.05) is 0 Å². The summed E-state index contributed by atoms with van der Waals surface area (Å²) in [6, 6.07) is 10.4. The lowest BCUT2D eigenvalue weighted by Crippen LogP contribution is -2.38. The largest absolute Gasteiger partial charge is 0.356 e. The molecule has 2 aromatic rings. The van der Waals surface area contributed by atoms with E-state index in [0.29, 0.717) is 23.6 Å². The quantitative estimate of drug-likeness (QED) is 0.171. The zero-order chi connectivity index (χ0) is 20.6. The number of aliphatic imine (C=N–C) groups is 1. The highest BCUT2D eigenvalue weighted by Gasteiger charge is 2.11. The van der Waals surface area contributed by atoms with E-state index >= 15 is 0 Å². The molecule has 0 amide bonds. The van der Waals surface area contributed by atoms with Crippen molar-refractivity contribution in [1.82, 2.24) is 10.6 Å². The number of nitrogens with one attached hydrogen (secondary N) is 2. The van der Waals surface area contributed by atoms with E-state index < -0.39 is 15.7 Å². The van der Waals surface area contributed by atoms with Gasteiger partial charge in [0, 0.05) is 37.0 Å². The molecule has 0 saturated carbocycles. The molecule has 2 aromatic carbocycles. The number of benzene rings is 2. The topological polar surface area (TPSA) is 70.6 Å². The van der Waals surface area contributed by atoms with Crippen LogP contribution in [0.1, 0.15) is 11.1 Å². The van der Waals surface area contributed by atoms with Gasteiger partial charge in [0.25, 0.3) is 0 Å². The zero-order valence-electron chi connectivity index (χ0n) is 16.1. The van der Waals surface area contributed by atoms with Crippen molar-refractivity contribution in [2.45, 2.75) is 17.2 Å². The summed E-state index contributed by atoms with van der Waals surface area (Å²) in [4.78, 5) is 5.08. The molecule has 0 aliphatic rings. The molecule has 0 spiro atoms. The van der Waals surface area contributed by atoms with Gasteiger partial charge in [-0.25, -0.2) is 17.2 Å². The van der Waals surface area contributed by atoms with Crippen molar-refractivity contribution < 1.29 is 17.2 Å². The van der Waals surface area contributed by atoms with E-state index in [4.69, 9.17) is 0 Å². The van der Waals surface area contributed by atoms with E-state index in [1.165, 1.54) is 30.3 Å². The van der Waals surface area contributed by atoms with Gasteiger partial charge in [0.15, 0.2) is 15.8 Å². The van der Waals surface area contributed by atoms with Crippen molar-refractivity contribution in [2.75, 3.05) is 25.6 Å². The van der Waals surface area contributed by atoms with Crippen molar-refractivity contribution in [3.8, 4) is 0 Å². The Bertz CT molecular complexity index is 924. The van der Waals surface area contributed by atoms with Crippen LogP contribution in [0.3, 0.4) is 0 Å². The average molecular weight is 555 g/mol. The normalized spacial score (nSPS) is 11.7. The Morgan fingerprint density at radius 2 is 1.69 bits per heavy atom. The Hall–Kier alpha value is -1.40. The van der Waals surface area contributed by atoms with E-state index in [1.54, 1.807) is 30.9 Å². The molecule has 0 radical (unpaired) electrons. The summed E-state index contributed by atoms with van der Waals surface area (Å²) >= 11 is 1.58. The lowest BCUT2D eigenvalue weighted by molar-refractivity contribution is 0.599. The van der Waals surface area contributed by atoms with Crippen LogP contribution in [0.5, 0.6) is 0 Å². The van der Waals surface area contributed by atoms with Crippen molar-refractivity contribution in [2.24, 2.45) is 4.99 Å². The SMILES string of the molecule is CN=C(NCCSc1ccc(F)cc1)NCc1cc(F)ccc1CS(C)(=O)=O.I. The van der Waals surface area contributed by atoms with Crippen LogP contribution in [0.15, 0.2) is 52.4 Å². The maximum Gasteiger partial charge on any atom is 0.191 e. The lowest BCUT2D eigenvalue weighted by Gasteiger charge is -2.14. The van der Waals surface area contributed by atoms with Crippen molar-refractivity contribution in [3.63, 3.8) is 0 Å². The van der Waals surface area contributed by atoms with Crippen LogP contribution >= 0.6 is 35.7 Å². The molecule has 2 N–H and O–H groups in total. The number of hydrogen-bond donors (Lipinski definition) is 2. The van der Waals surface area contributed by atoms with E-state index in [9.17, 15) is 17.2 Å². The van der Waals surface area contributed by atoms with Gasteiger partial charge in [0.2, 0.25) is 0 Å². The second-order valence-corrected chi connectivity index (χ2v) is 9.45. The predicted molar refractivity (Wildman–Crippen MR) is 126 cm³/mol. The molecule has 0 aromatic heterocycles. The van der Waals surface area contributed by atoms with E-state index in [-0.39, 0.29) is 42.1 Å². The van der Waals surface area contributed by atoms with Gasteiger partial charge >= 0.3 is 0 Å². The first-order chi connectivity index (χ1) is 13.3. The summed E-state index contributed by atoms with van der Waals surface area (Å²) in [6.07, 6.45) is 1.15. The molecule has 0 atom stereocenters. The maximum absolute atomic E-state index is 13.6. The summed E-state index contributed by atoms with van der Waals surface area (Å²) in [5.41, 5.74) is 1.12. The number of thioether (sulfide) groups is 1. The fourth-order valence-corrected chi connectivity index (χ4v) is 4.07. The highest BCUT2D eigenvalue weighted by Crippen LogP contribution is 2.17. The average Bonchev–Trinajstić information content (AvgIpc) is 2.63. The number of rotatable bonds is 8. The summed E-state index contributed by atoms with van der Waals surface area (Å²) in [7, 11) is -1.61. The number of sulfone groups is 1. The van der Waals surface area contributed by atoms with Gasteiger partial charge in [-0.2, -0.15) is 0 Å². The first-order valence-electron chi connectivity index (χ1n) is 8.55. The third kappa shape index (κ3) is 9.77. The van der Waals surface area contributed by atoms with Crippen LogP contribution in [0.2, 0.25) is 0 Å². The van der Waals surface area contributed by atoms with Crippen LogP contribution in [0.25, 0.3) is 0 Å². The third-order valence-corrected chi connectivity index (χ3v) is 5.58. The van der Waals surface area contributed by atoms with Gasteiger partial charge in [-0.05, 0) is 47.5 Å². The number of hydrogen-bond acceptors (Lipinski definition) is 4. The molecule has 0 unspecified atom stereocenters. The molecule has 0 saturated heterocycles. The van der Waals surface area contributed by atoms with Gasteiger partial charge in [-0.15, -0.1) is 35.7 Å². The summed E-state index contributed by atoms with van der Waals surface area (Å²) in [5.74, 6) is 0.428. The summed E-state index contributed by atoms with van der Waals surface area (Å²) in [6.45, 7) is 0.856. The molecular weight excluding hydrogens is 531 g/mol. The van der Waals surface area contributed by atoms with Crippen LogP contribution in [0.4, 0.5) is 8.78 Å². The van der Waals surface area contributed by atoms with Crippen LogP contribution in [-0.4, -0.2) is 40.0 Å². The summed E-state index contributed by atoms with van der Waals surface area (Å²) < 4.78 is 49.6. The Morgan fingerprint density at radius 3 is 2.31 bits per heavy atom. The van der Waals surface area contributed by atoms with Crippen LogP contribution in [-0.2, 0) is 22.1 Å². The molecular formula is C19H24F2IN3O2S2. The van der Waals surface area contributed by atoms with Gasteiger partial charge in [-0.3, -0.25) is 4.99 Å². The Labute approximate surface area is 191 Å². The molecule has 0 aliphatic heterocycles. The molecule has 0 aliphatic carbocycles. The molecule has 0 bridgehead atoms. The first-order valence-corrected chi connectivity index (χ1v) is 11.6. The molecule has 0 fully saturated rings. The second kappa shape index (κ2) is 12.3. The minimum atomic E-state index is -3.23. The van der Waals surface area contributed by atoms with Gasteiger partial charge < -0.3 is 10.6 Å². The molecule has 29 heavy (non-hydrogen) atoms. The van der Waals surface area contributed by atoms with Gasteiger partial charge in [-0.1, -0.05) is 6.07 Å². The lowest BCUT2D eigenvalue weighted by atomic mass is 10.1. The second-order valence-electron chi connectivity index (χ2n) is 6.14. The summed E-state index contributed by atoms with van der Waals surface area (Å²) in [5, 5.41) is 6.20. The number of halogens is 3. The number of nitrogens with zero attached hydrogens (tertiary/aromatic N) is 1. The standard InChI is InChI=1S/C19H23F2N3O2S2.HI/c1-22-19(23-9-10-27-18-7-5-16(20)6-8-18)24-12-15-11-17(21)4-3-14(15)13-28(2,25)26;/h3-8,11H,9-10,12-13H2,1-2H3,(H2,22,23,24);1H. The highest BCUT2D eigenvalue weighted by atomic mass is 127. The minimum Gasteiger partial charge on any atom is -0.356 e. The van der Waals surface area contributed by atoms with E-state index in [0.717, 1.165) is 16.9 Å². The zero-order valence-corrected chi connectivity index (χ0v) is 20.1.